The monoisotopic (exact) mass is 1570 g/mol. The molecule has 8 aromatic carbocycles. The number of hydrogen-bond acceptors (Lipinski definition) is 44. The number of phenols is 23. The number of fused-ring (bicyclic) bond motifs is 8. The highest BCUT2D eigenvalue weighted by Gasteiger charge is 2.56. The van der Waals surface area contributed by atoms with Crippen LogP contribution in [0.5, 0.6) is 144 Å². The molecule has 12 rings (SSSR count). The predicted octanol–water partition coefficient (Wildman–Crippen LogP) is 1.77. The van der Waals surface area contributed by atoms with Crippen molar-refractivity contribution < 1.29 is 218 Å². The predicted molar refractivity (Wildman–Crippen MR) is 345 cm³/mol. The molecule has 0 radical (unpaired) electrons. The molecule has 4 heterocycles. The maximum atomic E-state index is 14.8. The van der Waals surface area contributed by atoms with Crippen LogP contribution in [-0.4, -0.2) is 250 Å². The van der Waals surface area contributed by atoms with Crippen LogP contribution >= 0.6 is 0 Å². The third-order valence-electron chi connectivity index (χ3n) is 17.4. The van der Waals surface area contributed by atoms with Crippen molar-refractivity contribution in [3.8, 4) is 166 Å². The van der Waals surface area contributed by atoms with Crippen molar-refractivity contribution in [1.29, 1.82) is 0 Å². The lowest BCUT2D eigenvalue weighted by atomic mass is 9.91. The number of ether oxygens (including phenoxy) is 11. The number of aromatic hydroxyl groups is 23. The van der Waals surface area contributed by atoms with E-state index in [0.29, 0.717) is 48.5 Å². The van der Waals surface area contributed by atoms with E-state index in [1.807, 2.05) is 0 Å². The van der Waals surface area contributed by atoms with Crippen molar-refractivity contribution in [3.63, 3.8) is 0 Å². The SMILES string of the molecule is O=C(OC1C(O)OC2COC(=O)c3cc(Oc4c(O)c(O)cc(C(=O)OC5C(O)OC6COC(=O)c7cc(O)c(O)c(O)c7-c7c(cc(O)c(O)c7O)C(=O)OC6C5OC(=O)c5cc(O)c(O)c(O)c5)c4O)c(O)c(O)c3-c3c(cc(O)c(O)c3O)C(=O)OC2C1OC(=O)c1cc(O)c(O)c(O)c1)c1cc(O)c(O)c(O)c1. The lowest BCUT2D eigenvalue weighted by Crippen LogP contribution is -2.62. The number of hydrogen-bond donors (Lipinski definition) is 25. The summed E-state index contributed by atoms with van der Waals surface area (Å²) in [4.78, 5) is 115. The molecule has 0 saturated carbocycles. The molecule has 4 aliphatic rings. The summed E-state index contributed by atoms with van der Waals surface area (Å²) in [6.07, 6.45) is -25.8. The van der Waals surface area contributed by atoms with Gasteiger partial charge in [0.2, 0.25) is 34.5 Å². The molecule has 2 fully saturated rings. The Labute approximate surface area is 616 Å². The number of esters is 8. The fraction of sp³-hybridized carbons (Fsp3) is 0.176. The third-order valence-corrected chi connectivity index (χ3v) is 17.4. The second-order valence-corrected chi connectivity index (χ2v) is 24.2. The van der Waals surface area contributed by atoms with Gasteiger partial charge in [0.05, 0.1) is 38.9 Å². The average Bonchev–Trinajstić information content (AvgIpc) is 1.19. The summed E-state index contributed by atoms with van der Waals surface area (Å²) in [5.41, 5.74) is -14.0. The van der Waals surface area contributed by atoms with Crippen LogP contribution < -0.4 is 4.74 Å². The van der Waals surface area contributed by atoms with Gasteiger partial charge in [-0.25, -0.2) is 38.4 Å². The molecule has 0 bridgehead atoms. The van der Waals surface area contributed by atoms with Crippen LogP contribution in [0.1, 0.15) is 82.9 Å². The van der Waals surface area contributed by atoms with E-state index in [1.54, 1.807) is 0 Å². The van der Waals surface area contributed by atoms with E-state index in [4.69, 9.17) is 52.1 Å². The molecule has 44 nitrogen and oxygen atoms in total. The van der Waals surface area contributed by atoms with E-state index in [0.717, 1.165) is 0 Å². The fourth-order valence-electron chi connectivity index (χ4n) is 11.9. The number of phenolic OH excluding ortho intramolecular Hbond substituents is 23. The summed E-state index contributed by atoms with van der Waals surface area (Å²) in [6.45, 7) is -2.78. The minimum atomic E-state index is -2.83. The summed E-state index contributed by atoms with van der Waals surface area (Å²) >= 11 is 0. The van der Waals surface area contributed by atoms with Gasteiger partial charge in [-0.05, 0) is 54.6 Å². The smallest absolute Gasteiger partial charge is 0.342 e. The summed E-state index contributed by atoms with van der Waals surface area (Å²) in [5.74, 6) is -50.4. The number of carbonyl (C=O) groups excluding carboxylic acids is 8. The van der Waals surface area contributed by atoms with Crippen molar-refractivity contribution in [2.45, 2.75) is 61.4 Å². The Kier molecular flexibility index (Phi) is 19.3. The Bertz CT molecular complexity index is 5320. The molecule has 0 aromatic heterocycles. The summed E-state index contributed by atoms with van der Waals surface area (Å²) in [5, 5.41) is 271. The molecule has 44 heteroatoms. The zero-order valence-electron chi connectivity index (χ0n) is 55.0. The Hall–Kier alpha value is -15.4. The van der Waals surface area contributed by atoms with Gasteiger partial charge in [-0.3, -0.25) is 0 Å². The highest BCUT2D eigenvalue weighted by Crippen LogP contribution is 2.58. The van der Waals surface area contributed by atoms with Gasteiger partial charge < -0.3 is 180 Å². The zero-order valence-corrected chi connectivity index (χ0v) is 55.0. The van der Waals surface area contributed by atoms with Gasteiger partial charge in [0.15, 0.2) is 158 Å². The molecule has 0 aliphatic carbocycles. The van der Waals surface area contributed by atoms with Crippen molar-refractivity contribution in [2.75, 3.05) is 13.2 Å². The Morgan fingerprint density at radius 1 is 0.304 bits per heavy atom. The van der Waals surface area contributed by atoms with Crippen LogP contribution in [0.2, 0.25) is 0 Å². The highest BCUT2D eigenvalue weighted by molar-refractivity contribution is 6.10. The molecule has 0 spiro atoms. The molecule has 25 N–H and O–H groups in total. The molecular formula is C68H50O44. The Morgan fingerprint density at radius 2 is 0.589 bits per heavy atom. The first-order valence-electron chi connectivity index (χ1n) is 31.1. The first kappa shape index (κ1) is 76.2. The molecule has 10 unspecified atom stereocenters. The minimum Gasteiger partial charge on any atom is -0.504 e. The Balaban J connectivity index is 0.919. The van der Waals surface area contributed by atoms with Crippen LogP contribution in [0.3, 0.4) is 0 Å². The molecule has 2 saturated heterocycles. The maximum absolute atomic E-state index is 14.8. The fourth-order valence-corrected chi connectivity index (χ4v) is 11.9. The molecule has 586 valence electrons. The number of carbonyl (C=O) groups is 8. The highest BCUT2D eigenvalue weighted by atomic mass is 16.7. The van der Waals surface area contributed by atoms with Crippen LogP contribution in [0, 0.1) is 0 Å². The van der Waals surface area contributed by atoms with E-state index in [2.05, 4.69) is 0 Å². The summed E-state index contributed by atoms with van der Waals surface area (Å²) in [7, 11) is 0. The number of benzene rings is 8. The third kappa shape index (κ3) is 13.2. The van der Waals surface area contributed by atoms with E-state index in [9.17, 15) is 166 Å². The van der Waals surface area contributed by atoms with Gasteiger partial charge in [0.25, 0.3) is 0 Å². The van der Waals surface area contributed by atoms with Crippen molar-refractivity contribution in [1.82, 2.24) is 0 Å². The Morgan fingerprint density at radius 3 is 0.938 bits per heavy atom. The maximum Gasteiger partial charge on any atom is 0.342 e. The van der Waals surface area contributed by atoms with Crippen LogP contribution in [0.15, 0.2) is 66.7 Å². The number of rotatable bonds is 10. The quantitative estimate of drug-likeness (QED) is 0.0401. The summed E-state index contributed by atoms with van der Waals surface area (Å²) < 4.78 is 60.7. The van der Waals surface area contributed by atoms with Gasteiger partial charge in [0.1, 0.15) is 31.0 Å². The minimum absolute atomic E-state index is 0.166. The molecule has 10 atom stereocenters. The van der Waals surface area contributed by atoms with Gasteiger partial charge in [-0.15, -0.1) is 0 Å². The normalized spacial score (nSPS) is 20.7. The first-order chi connectivity index (χ1) is 52.7. The molecule has 8 aromatic rings. The van der Waals surface area contributed by atoms with Gasteiger partial charge in [-0.1, -0.05) is 0 Å². The second kappa shape index (κ2) is 28.4. The van der Waals surface area contributed by atoms with E-state index in [1.165, 1.54) is 0 Å². The van der Waals surface area contributed by atoms with Crippen molar-refractivity contribution >= 4 is 47.8 Å². The van der Waals surface area contributed by atoms with Crippen LogP contribution in [0.4, 0.5) is 0 Å². The van der Waals surface area contributed by atoms with Crippen LogP contribution in [0.25, 0.3) is 22.3 Å². The molecular weight excluding hydrogens is 1520 g/mol. The van der Waals surface area contributed by atoms with Gasteiger partial charge >= 0.3 is 47.8 Å². The van der Waals surface area contributed by atoms with Crippen LogP contribution in [-0.2, 0) is 47.4 Å². The zero-order chi connectivity index (χ0) is 81.7. The topological polar surface area (TPSA) is 744 Å². The van der Waals surface area contributed by atoms with E-state index < -0.39 is 333 Å². The number of cyclic esters (lactones) is 2. The van der Waals surface area contributed by atoms with Gasteiger partial charge in [-0.2, -0.15) is 0 Å². The van der Waals surface area contributed by atoms with E-state index >= 15 is 0 Å². The number of aliphatic hydroxyl groups is 2. The van der Waals surface area contributed by atoms with Crippen molar-refractivity contribution in [2.24, 2.45) is 0 Å². The summed E-state index contributed by atoms with van der Waals surface area (Å²) in [6, 6.07) is 4.32. The largest absolute Gasteiger partial charge is 0.504 e. The number of aliphatic hydroxyl groups excluding tert-OH is 2. The molecule has 0 amide bonds. The second-order valence-electron chi connectivity index (χ2n) is 24.2. The lowest BCUT2D eigenvalue weighted by Gasteiger charge is -2.42. The first-order valence-corrected chi connectivity index (χ1v) is 31.1. The van der Waals surface area contributed by atoms with E-state index in [-0.39, 0.29) is 18.2 Å². The van der Waals surface area contributed by atoms with Crippen molar-refractivity contribution in [3.05, 3.63) is 111 Å². The standard InChI is InChI=1S/C68H50O44/c69-22-1-14(2-23(70)40(22)80)59(92)109-55-52-34(105-67(100)57(55)111-61(94)16-5-26(73)42(82)27(74)6-16)13-103-63(96)20-11-32(47(87)51(91)38(20)37-19(65(98)107-52)9-30(77)45(85)50(37)90)104-54-39(79)21(10-31(78)46(54)86)66(99)112-58-56(110-60(93)15-3-24(71)41(81)25(72)4-15)53-33(106-68(58)101)12-102-62(95)17-7-28(75)43(83)48(88)35(17)36-18(64(97)108-53)8-29(76)44(84)49(36)89/h1-11,33-34,52-53,55-58,67-91,100-101H,12-13H2. The lowest BCUT2D eigenvalue weighted by molar-refractivity contribution is -0.284. The molecule has 4 aliphatic heterocycles. The molecule has 112 heavy (non-hydrogen) atoms. The average molecular weight is 1570 g/mol. The van der Waals surface area contributed by atoms with Gasteiger partial charge in [0, 0.05) is 34.4 Å².